The molecule has 0 bridgehead atoms. The van der Waals surface area contributed by atoms with Gasteiger partial charge in [-0.1, -0.05) is 45.0 Å². The molecular formula is C14H21NO. The first-order valence-electron chi connectivity index (χ1n) is 6.09. The Balaban J connectivity index is 2.26. The third-order valence-corrected chi connectivity index (χ3v) is 3.45. The number of rotatable bonds is 3. The van der Waals surface area contributed by atoms with Crippen LogP contribution in [-0.4, -0.2) is 19.4 Å². The summed E-state index contributed by atoms with van der Waals surface area (Å²) >= 11 is 0. The van der Waals surface area contributed by atoms with Crippen molar-refractivity contribution in [3.63, 3.8) is 0 Å². The third kappa shape index (κ3) is 2.13. The molecule has 0 radical (unpaired) electrons. The van der Waals surface area contributed by atoms with Crippen LogP contribution in [0.1, 0.15) is 31.9 Å². The molecule has 0 aromatic heterocycles. The van der Waals surface area contributed by atoms with Gasteiger partial charge in [0.15, 0.2) is 0 Å². The SMILES string of the molecule is CCc1cccc(C(C)(C)C2NCCO2)c1. The molecule has 0 spiro atoms. The summed E-state index contributed by atoms with van der Waals surface area (Å²) in [7, 11) is 0. The van der Waals surface area contributed by atoms with E-state index in [9.17, 15) is 0 Å². The number of ether oxygens (including phenoxy) is 1. The van der Waals surface area contributed by atoms with Crippen LogP contribution in [0.15, 0.2) is 24.3 Å². The molecule has 2 nitrogen and oxygen atoms in total. The number of hydrogen-bond donors (Lipinski definition) is 1. The van der Waals surface area contributed by atoms with E-state index < -0.39 is 0 Å². The van der Waals surface area contributed by atoms with Gasteiger partial charge in [0.05, 0.1) is 6.61 Å². The largest absolute Gasteiger partial charge is 0.361 e. The number of nitrogens with one attached hydrogen (secondary N) is 1. The number of benzene rings is 1. The predicted molar refractivity (Wildman–Crippen MR) is 66.6 cm³/mol. The first kappa shape index (κ1) is 11.6. The van der Waals surface area contributed by atoms with Crippen LogP contribution in [0.4, 0.5) is 0 Å². The molecule has 1 N–H and O–H groups in total. The summed E-state index contributed by atoms with van der Waals surface area (Å²) in [5.41, 5.74) is 2.77. The molecule has 0 amide bonds. The maximum Gasteiger partial charge on any atom is 0.117 e. The lowest BCUT2D eigenvalue weighted by molar-refractivity contribution is 0.0459. The van der Waals surface area contributed by atoms with Crippen molar-refractivity contribution in [2.24, 2.45) is 0 Å². The highest BCUT2D eigenvalue weighted by molar-refractivity contribution is 5.30. The minimum Gasteiger partial charge on any atom is -0.361 e. The van der Waals surface area contributed by atoms with Gasteiger partial charge < -0.3 is 4.74 Å². The third-order valence-electron chi connectivity index (χ3n) is 3.45. The molecule has 0 aliphatic carbocycles. The van der Waals surface area contributed by atoms with Crippen molar-refractivity contribution in [3.05, 3.63) is 35.4 Å². The van der Waals surface area contributed by atoms with Gasteiger partial charge in [0, 0.05) is 12.0 Å². The second kappa shape index (κ2) is 4.56. The molecule has 1 fully saturated rings. The normalized spacial score (nSPS) is 21.3. The Morgan fingerprint density at radius 1 is 1.44 bits per heavy atom. The molecular weight excluding hydrogens is 198 g/mol. The van der Waals surface area contributed by atoms with Crippen LogP contribution in [0.25, 0.3) is 0 Å². The van der Waals surface area contributed by atoms with Gasteiger partial charge in [0.1, 0.15) is 6.23 Å². The topological polar surface area (TPSA) is 21.3 Å². The molecule has 1 aromatic rings. The summed E-state index contributed by atoms with van der Waals surface area (Å²) < 4.78 is 5.73. The average molecular weight is 219 g/mol. The van der Waals surface area contributed by atoms with E-state index in [0.717, 1.165) is 19.6 Å². The molecule has 2 heteroatoms. The van der Waals surface area contributed by atoms with E-state index in [2.05, 4.69) is 50.4 Å². The fourth-order valence-electron chi connectivity index (χ4n) is 2.23. The molecule has 16 heavy (non-hydrogen) atoms. The van der Waals surface area contributed by atoms with Crippen molar-refractivity contribution < 1.29 is 4.74 Å². The van der Waals surface area contributed by atoms with Crippen molar-refractivity contribution in [2.45, 2.75) is 38.8 Å². The minimum atomic E-state index is 0.0294. The second-order valence-electron chi connectivity index (χ2n) is 4.98. The van der Waals surface area contributed by atoms with Crippen LogP contribution in [0.5, 0.6) is 0 Å². The maximum absolute atomic E-state index is 5.73. The van der Waals surface area contributed by atoms with Crippen LogP contribution in [-0.2, 0) is 16.6 Å². The maximum atomic E-state index is 5.73. The minimum absolute atomic E-state index is 0.0294. The lowest BCUT2D eigenvalue weighted by Crippen LogP contribution is -2.41. The molecule has 1 unspecified atom stereocenters. The molecule has 1 aliphatic rings. The van der Waals surface area contributed by atoms with Gasteiger partial charge in [-0.25, -0.2) is 0 Å². The van der Waals surface area contributed by atoms with Crippen molar-refractivity contribution >= 4 is 0 Å². The molecule has 1 heterocycles. The fourth-order valence-corrected chi connectivity index (χ4v) is 2.23. The summed E-state index contributed by atoms with van der Waals surface area (Å²) in [6.07, 6.45) is 1.22. The van der Waals surface area contributed by atoms with E-state index in [1.165, 1.54) is 11.1 Å². The van der Waals surface area contributed by atoms with Crippen LogP contribution in [0.3, 0.4) is 0 Å². The molecule has 2 rings (SSSR count). The van der Waals surface area contributed by atoms with Crippen LogP contribution < -0.4 is 5.32 Å². The molecule has 88 valence electrons. The van der Waals surface area contributed by atoms with Crippen molar-refractivity contribution in [1.29, 1.82) is 0 Å². The molecule has 0 saturated carbocycles. The van der Waals surface area contributed by atoms with Crippen LogP contribution >= 0.6 is 0 Å². The molecule has 1 saturated heterocycles. The van der Waals surface area contributed by atoms with Crippen molar-refractivity contribution in [2.75, 3.05) is 13.2 Å². The van der Waals surface area contributed by atoms with E-state index in [1.807, 2.05) is 0 Å². The van der Waals surface area contributed by atoms with Gasteiger partial charge >= 0.3 is 0 Å². The summed E-state index contributed by atoms with van der Waals surface area (Å²) in [4.78, 5) is 0. The lowest BCUT2D eigenvalue weighted by atomic mass is 9.82. The van der Waals surface area contributed by atoms with Crippen LogP contribution in [0, 0.1) is 0 Å². The Kier molecular flexibility index (Phi) is 3.31. The number of aryl methyl sites for hydroxylation is 1. The van der Waals surface area contributed by atoms with Crippen molar-refractivity contribution in [1.82, 2.24) is 5.32 Å². The highest BCUT2D eigenvalue weighted by atomic mass is 16.5. The lowest BCUT2D eigenvalue weighted by Gasteiger charge is -2.31. The Morgan fingerprint density at radius 2 is 2.25 bits per heavy atom. The first-order valence-corrected chi connectivity index (χ1v) is 6.09. The van der Waals surface area contributed by atoms with Gasteiger partial charge in [-0.15, -0.1) is 0 Å². The quantitative estimate of drug-likeness (QED) is 0.843. The zero-order valence-corrected chi connectivity index (χ0v) is 10.4. The zero-order valence-electron chi connectivity index (χ0n) is 10.4. The highest BCUT2D eigenvalue weighted by Crippen LogP contribution is 2.29. The van der Waals surface area contributed by atoms with Gasteiger partial charge in [0.2, 0.25) is 0 Å². The van der Waals surface area contributed by atoms with Gasteiger partial charge in [0.25, 0.3) is 0 Å². The summed E-state index contributed by atoms with van der Waals surface area (Å²) in [6, 6.07) is 8.82. The van der Waals surface area contributed by atoms with E-state index in [0.29, 0.717) is 0 Å². The molecule has 1 aromatic carbocycles. The summed E-state index contributed by atoms with van der Waals surface area (Å²) in [6.45, 7) is 8.45. The zero-order chi connectivity index (χ0) is 11.6. The monoisotopic (exact) mass is 219 g/mol. The van der Waals surface area contributed by atoms with Gasteiger partial charge in [-0.2, -0.15) is 0 Å². The molecule has 1 aliphatic heterocycles. The predicted octanol–water partition coefficient (Wildman–Crippen LogP) is 2.47. The van der Waals surface area contributed by atoms with E-state index >= 15 is 0 Å². The Morgan fingerprint density at radius 3 is 2.88 bits per heavy atom. The Hall–Kier alpha value is -0.860. The van der Waals surface area contributed by atoms with Gasteiger partial charge in [-0.05, 0) is 17.5 Å². The van der Waals surface area contributed by atoms with E-state index in [4.69, 9.17) is 4.74 Å². The Labute approximate surface area is 98.0 Å². The average Bonchev–Trinajstić information content (AvgIpc) is 2.83. The number of hydrogen-bond acceptors (Lipinski definition) is 2. The standard InChI is InChI=1S/C14H21NO/c1-4-11-6-5-7-12(10-11)14(2,3)13-15-8-9-16-13/h5-7,10,13,15H,4,8-9H2,1-3H3. The van der Waals surface area contributed by atoms with E-state index in [-0.39, 0.29) is 11.6 Å². The van der Waals surface area contributed by atoms with Crippen molar-refractivity contribution in [3.8, 4) is 0 Å². The second-order valence-corrected chi connectivity index (χ2v) is 4.98. The highest BCUT2D eigenvalue weighted by Gasteiger charge is 2.34. The molecule has 1 atom stereocenters. The smallest absolute Gasteiger partial charge is 0.117 e. The van der Waals surface area contributed by atoms with E-state index in [1.54, 1.807) is 0 Å². The van der Waals surface area contributed by atoms with Gasteiger partial charge in [-0.3, -0.25) is 5.32 Å². The summed E-state index contributed by atoms with van der Waals surface area (Å²) in [5.74, 6) is 0. The fraction of sp³-hybridized carbons (Fsp3) is 0.571. The first-order chi connectivity index (χ1) is 7.64. The Bertz CT molecular complexity index is 354. The van der Waals surface area contributed by atoms with Crippen LogP contribution in [0.2, 0.25) is 0 Å². The summed E-state index contributed by atoms with van der Waals surface area (Å²) in [5, 5.41) is 3.41.